The lowest BCUT2D eigenvalue weighted by Gasteiger charge is -2.04. The molecule has 16 heavy (non-hydrogen) atoms. The van der Waals surface area contributed by atoms with Crippen LogP contribution in [0.5, 0.6) is 0 Å². The smallest absolute Gasteiger partial charge is 0.339 e. The van der Waals surface area contributed by atoms with Gasteiger partial charge in [-0.3, -0.25) is 9.52 Å². The Hall–Kier alpha value is -2.09. The minimum Gasteiger partial charge on any atom is -0.479 e. The summed E-state index contributed by atoms with van der Waals surface area (Å²) in [5, 5.41) is 14.7. The first-order chi connectivity index (χ1) is 7.58. The molecule has 0 fully saturated rings. The lowest BCUT2D eigenvalue weighted by atomic mass is 10.4. The van der Waals surface area contributed by atoms with Crippen molar-refractivity contribution in [2.45, 2.75) is 6.54 Å². The Labute approximate surface area is 91.1 Å². The number of hydrogen-bond donors (Lipinski definition) is 3. The number of rotatable bonds is 5. The van der Waals surface area contributed by atoms with Gasteiger partial charge in [0.15, 0.2) is 6.61 Å². The molecule has 8 heteroatoms. The summed E-state index contributed by atoms with van der Waals surface area (Å²) >= 11 is 0. The molecule has 1 aromatic rings. The van der Waals surface area contributed by atoms with Crippen LogP contribution in [0.25, 0.3) is 0 Å². The monoisotopic (exact) mass is 228 g/mol. The number of carboxylic acid groups (broad SMARTS) is 1. The van der Waals surface area contributed by atoms with E-state index in [1.807, 2.05) is 5.48 Å². The maximum atomic E-state index is 11.0. The van der Waals surface area contributed by atoms with E-state index in [1.54, 1.807) is 24.0 Å². The van der Waals surface area contributed by atoms with E-state index in [2.05, 4.69) is 15.3 Å². The van der Waals surface area contributed by atoms with Gasteiger partial charge < -0.3 is 10.4 Å². The molecule has 1 aromatic heterocycles. The summed E-state index contributed by atoms with van der Waals surface area (Å²) in [5.74, 6) is -1.16. The van der Waals surface area contributed by atoms with Crippen LogP contribution in [0.1, 0.15) is 5.69 Å². The van der Waals surface area contributed by atoms with Gasteiger partial charge in [0.25, 0.3) is 0 Å². The average Bonchev–Trinajstić information content (AvgIpc) is 2.61. The van der Waals surface area contributed by atoms with Gasteiger partial charge in [-0.2, -0.15) is 5.10 Å². The Bertz CT molecular complexity index is 376. The van der Waals surface area contributed by atoms with Crippen LogP contribution in [0, 0.1) is 0 Å². The minimum absolute atomic E-state index is 0.239. The van der Waals surface area contributed by atoms with Crippen LogP contribution < -0.4 is 10.8 Å². The van der Waals surface area contributed by atoms with Crippen molar-refractivity contribution in [1.29, 1.82) is 0 Å². The van der Waals surface area contributed by atoms with Gasteiger partial charge >= 0.3 is 12.0 Å². The summed E-state index contributed by atoms with van der Waals surface area (Å²) in [6.07, 6.45) is 1.75. The minimum atomic E-state index is -1.16. The summed E-state index contributed by atoms with van der Waals surface area (Å²) in [6.45, 7) is -0.347. The quantitative estimate of drug-likeness (QED) is 0.574. The molecular formula is C8H12N4O4. The largest absolute Gasteiger partial charge is 0.479 e. The predicted molar refractivity (Wildman–Crippen MR) is 52.2 cm³/mol. The molecule has 0 aromatic carbocycles. The number of carbonyl (C=O) groups is 2. The number of hydrogen-bond acceptors (Lipinski definition) is 4. The Morgan fingerprint density at radius 3 is 2.94 bits per heavy atom. The fraction of sp³-hybridized carbons (Fsp3) is 0.375. The van der Waals surface area contributed by atoms with Crippen LogP contribution in [0.4, 0.5) is 4.79 Å². The van der Waals surface area contributed by atoms with Crippen molar-refractivity contribution in [1.82, 2.24) is 20.6 Å². The van der Waals surface area contributed by atoms with Gasteiger partial charge in [0.05, 0.1) is 12.2 Å². The Morgan fingerprint density at radius 2 is 2.38 bits per heavy atom. The summed E-state index contributed by atoms with van der Waals surface area (Å²) in [4.78, 5) is 25.4. The van der Waals surface area contributed by atoms with Crippen LogP contribution in [-0.2, 0) is 23.2 Å². The van der Waals surface area contributed by atoms with Crippen molar-refractivity contribution < 1.29 is 19.5 Å². The normalized spacial score (nSPS) is 9.81. The number of aryl methyl sites for hydroxylation is 1. The predicted octanol–water partition coefficient (Wildman–Crippen LogP) is -0.764. The molecule has 0 unspecified atom stereocenters. The average molecular weight is 228 g/mol. The van der Waals surface area contributed by atoms with E-state index >= 15 is 0 Å². The van der Waals surface area contributed by atoms with Crippen LogP contribution in [0.2, 0.25) is 0 Å². The zero-order valence-corrected chi connectivity index (χ0v) is 8.64. The van der Waals surface area contributed by atoms with E-state index in [0.717, 1.165) is 0 Å². The first-order valence-corrected chi connectivity index (χ1v) is 4.44. The number of carboxylic acids is 1. The highest BCUT2D eigenvalue weighted by molar-refractivity contribution is 5.73. The van der Waals surface area contributed by atoms with Crippen LogP contribution in [0.15, 0.2) is 12.3 Å². The fourth-order valence-electron chi connectivity index (χ4n) is 0.928. The van der Waals surface area contributed by atoms with Crippen LogP contribution in [0.3, 0.4) is 0 Å². The van der Waals surface area contributed by atoms with Crippen molar-refractivity contribution in [3.63, 3.8) is 0 Å². The maximum Gasteiger partial charge on any atom is 0.339 e. The molecule has 0 spiro atoms. The van der Waals surface area contributed by atoms with E-state index in [4.69, 9.17) is 5.11 Å². The highest BCUT2D eigenvalue weighted by Crippen LogP contribution is 1.92. The van der Waals surface area contributed by atoms with Gasteiger partial charge in [-0.25, -0.2) is 15.1 Å². The van der Waals surface area contributed by atoms with Gasteiger partial charge in [-0.15, -0.1) is 0 Å². The molecule has 2 amide bonds. The SMILES string of the molecule is Cn1ccc(CNC(=O)NOCC(=O)O)n1. The van der Waals surface area contributed by atoms with Crippen LogP contribution >= 0.6 is 0 Å². The molecule has 1 rings (SSSR count). The topological polar surface area (TPSA) is 105 Å². The number of urea groups is 1. The summed E-state index contributed by atoms with van der Waals surface area (Å²) in [7, 11) is 1.76. The molecule has 0 aliphatic rings. The molecule has 0 saturated heterocycles. The molecule has 1 heterocycles. The third kappa shape index (κ3) is 4.42. The van der Waals surface area contributed by atoms with Gasteiger partial charge in [0.1, 0.15) is 0 Å². The Balaban J connectivity index is 2.17. The molecule has 0 saturated carbocycles. The molecule has 0 aliphatic heterocycles. The number of aromatic nitrogens is 2. The van der Waals surface area contributed by atoms with E-state index in [1.165, 1.54) is 0 Å². The standard InChI is InChI=1S/C8H12N4O4/c1-12-3-2-6(10-12)4-9-8(15)11-16-5-7(13)14/h2-3H,4-5H2,1H3,(H,13,14)(H2,9,11,15). The lowest BCUT2D eigenvalue weighted by Crippen LogP contribution is -2.36. The van der Waals surface area contributed by atoms with Gasteiger partial charge in [0, 0.05) is 13.2 Å². The molecule has 0 radical (unpaired) electrons. The van der Waals surface area contributed by atoms with Crippen molar-refractivity contribution in [3.8, 4) is 0 Å². The molecule has 88 valence electrons. The molecule has 0 atom stereocenters. The first kappa shape index (κ1) is 12.0. The molecular weight excluding hydrogens is 216 g/mol. The number of nitrogens with zero attached hydrogens (tertiary/aromatic N) is 2. The Morgan fingerprint density at radius 1 is 1.62 bits per heavy atom. The van der Waals surface area contributed by atoms with E-state index < -0.39 is 18.6 Å². The van der Waals surface area contributed by atoms with Gasteiger partial charge in [-0.05, 0) is 6.07 Å². The number of nitrogens with one attached hydrogen (secondary N) is 2. The number of hydroxylamine groups is 1. The lowest BCUT2D eigenvalue weighted by molar-refractivity contribution is -0.144. The molecule has 0 bridgehead atoms. The first-order valence-electron chi connectivity index (χ1n) is 4.44. The van der Waals surface area contributed by atoms with E-state index in [0.29, 0.717) is 5.69 Å². The molecule has 8 nitrogen and oxygen atoms in total. The number of aliphatic carboxylic acids is 1. The molecule has 3 N–H and O–H groups in total. The second kappa shape index (κ2) is 5.71. The van der Waals surface area contributed by atoms with E-state index in [-0.39, 0.29) is 6.54 Å². The number of amides is 2. The second-order valence-electron chi connectivity index (χ2n) is 2.95. The summed E-state index contributed by atoms with van der Waals surface area (Å²) in [6, 6.07) is 1.13. The molecule has 0 aliphatic carbocycles. The number of carbonyl (C=O) groups excluding carboxylic acids is 1. The van der Waals surface area contributed by atoms with Crippen molar-refractivity contribution in [2.24, 2.45) is 7.05 Å². The van der Waals surface area contributed by atoms with Gasteiger partial charge in [-0.1, -0.05) is 0 Å². The van der Waals surface area contributed by atoms with Crippen molar-refractivity contribution in [2.75, 3.05) is 6.61 Å². The van der Waals surface area contributed by atoms with Gasteiger partial charge in [0.2, 0.25) is 0 Å². The van der Waals surface area contributed by atoms with E-state index in [9.17, 15) is 9.59 Å². The van der Waals surface area contributed by atoms with Crippen LogP contribution in [-0.4, -0.2) is 33.5 Å². The third-order valence-electron chi connectivity index (χ3n) is 1.56. The zero-order chi connectivity index (χ0) is 12.0. The highest BCUT2D eigenvalue weighted by atomic mass is 16.7. The third-order valence-corrected chi connectivity index (χ3v) is 1.56. The van der Waals surface area contributed by atoms with Crippen molar-refractivity contribution >= 4 is 12.0 Å². The highest BCUT2D eigenvalue weighted by Gasteiger charge is 2.03. The Kier molecular flexibility index (Phi) is 4.28. The summed E-state index contributed by atoms with van der Waals surface area (Å²) in [5.41, 5.74) is 2.62. The zero-order valence-electron chi connectivity index (χ0n) is 8.64. The van der Waals surface area contributed by atoms with Crippen molar-refractivity contribution in [3.05, 3.63) is 18.0 Å². The second-order valence-corrected chi connectivity index (χ2v) is 2.95. The summed E-state index contributed by atoms with van der Waals surface area (Å²) < 4.78 is 1.61. The fourth-order valence-corrected chi connectivity index (χ4v) is 0.928. The maximum absolute atomic E-state index is 11.0.